The van der Waals surface area contributed by atoms with E-state index in [2.05, 4.69) is 10.3 Å². The first-order chi connectivity index (χ1) is 9.60. The van der Waals surface area contributed by atoms with Crippen molar-refractivity contribution in [2.75, 3.05) is 7.05 Å². The smallest absolute Gasteiger partial charge is 0.256 e. The molecule has 4 nitrogen and oxygen atoms in total. The average Bonchev–Trinajstić information content (AvgIpc) is 2.77. The van der Waals surface area contributed by atoms with Crippen LogP contribution in [0.2, 0.25) is 0 Å². The van der Waals surface area contributed by atoms with Gasteiger partial charge in [0, 0.05) is 7.05 Å². The fourth-order valence-electron chi connectivity index (χ4n) is 1.79. The SMILES string of the molecule is CNC(=O)[C@@H](Cc1ccccc1)Sc1nc(C)c(C)o1. The molecule has 0 fully saturated rings. The van der Waals surface area contributed by atoms with Crippen molar-refractivity contribution >= 4 is 17.7 Å². The van der Waals surface area contributed by atoms with Crippen molar-refractivity contribution in [1.82, 2.24) is 10.3 Å². The molecule has 1 N–H and O–H groups in total. The number of hydrogen-bond donors (Lipinski definition) is 1. The van der Waals surface area contributed by atoms with E-state index < -0.39 is 0 Å². The van der Waals surface area contributed by atoms with Crippen LogP contribution in [0.25, 0.3) is 0 Å². The maximum atomic E-state index is 12.0. The highest BCUT2D eigenvalue weighted by Crippen LogP contribution is 2.27. The summed E-state index contributed by atoms with van der Waals surface area (Å²) in [6.45, 7) is 3.77. The molecular formula is C15H18N2O2S. The Hall–Kier alpha value is -1.75. The number of hydrogen-bond acceptors (Lipinski definition) is 4. The molecule has 2 aromatic rings. The van der Waals surface area contributed by atoms with E-state index in [-0.39, 0.29) is 11.2 Å². The molecule has 1 heterocycles. The Morgan fingerprint density at radius 2 is 2.05 bits per heavy atom. The molecule has 1 aromatic heterocycles. The summed E-state index contributed by atoms with van der Waals surface area (Å²) >= 11 is 1.36. The minimum atomic E-state index is -0.250. The molecule has 0 spiro atoms. The molecule has 0 saturated carbocycles. The summed E-state index contributed by atoms with van der Waals surface area (Å²) in [5.41, 5.74) is 1.98. The Bertz CT molecular complexity index is 561. The highest BCUT2D eigenvalue weighted by molar-refractivity contribution is 8.00. The van der Waals surface area contributed by atoms with Crippen LogP contribution in [0.5, 0.6) is 0 Å². The van der Waals surface area contributed by atoms with Crippen LogP contribution in [-0.2, 0) is 11.2 Å². The van der Waals surface area contributed by atoms with Gasteiger partial charge in [0.15, 0.2) is 0 Å². The van der Waals surface area contributed by atoms with Gasteiger partial charge < -0.3 is 9.73 Å². The quantitative estimate of drug-likeness (QED) is 0.860. The van der Waals surface area contributed by atoms with E-state index in [1.54, 1.807) is 7.05 Å². The zero-order valence-corrected chi connectivity index (χ0v) is 12.7. The van der Waals surface area contributed by atoms with E-state index in [1.165, 1.54) is 11.8 Å². The summed E-state index contributed by atoms with van der Waals surface area (Å²) in [5, 5.41) is 2.99. The number of oxazole rings is 1. The van der Waals surface area contributed by atoms with E-state index in [0.29, 0.717) is 11.6 Å². The highest BCUT2D eigenvalue weighted by Gasteiger charge is 2.22. The molecule has 106 valence electrons. The van der Waals surface area contributed by atoms with Gasteiger partial charge in [0.25, 0.3) is 5.22 Å². The maximum absolute atomic E-state index is 12.0. The predicted octanol–water partition coefficient (Wildman–Crippen LogP) is 2.74. The number of amides is 1. The summed E-state index contributed by atoms with van der Waals surface area (Å²) < 4.78 is 5.55. The van der Waals surface area contributed by atoms with Gasteiger partial charge in [-0.2, -0.15) is 0 Å². The number of benzene rings is 1. The van der Waals surface area contributed by atoms with Crippen molar-refractivity contribution in [3.8, 4) is 0 Å². The van der Waals surface area contributed by atoms with Crippen molar-refractivity contribution in [1.29, 1.82) is 0 Å². The highest BCUT2D eigenvalue weighted by atomic mass is 32.2. The molecule has 1 atom stereocenters. The van der Waals surface area contributed by atoms with Gasteiger partial charge in [-0.15, -0.1) is 0 Å². The molecule has 0 saturated heterocycles. The van der Waals surface area contributed by atoms with Crippen LogP contribution in [-0.4, -0.2) is 23.2 Å². The monoisotopic (exact) mass is 290 g/mol. The number of aryl methyl sites for hydroxylation is 2. The second kappa shape index (κ2) is 6.61. The molecule has 20 heavy (non-hydrogen) atoms. The summed E-state index contributed by atoms with van der Waals surface area (Å²) in [4.78, 5) is 16.3. The van der Waals surface area contributed by atoms with Gasteiger partial charge in [0.2, 0.25) is 5.91 Å². The van der Waals surface area contributed by atoms with Crippen LogP contribution in [0.4, 0.5) is 0 Å². The number of carbonyl (C=O) groups is 1. The third kappa shape index (κ3) is 3.63. The lowest BCUT2D eigenvalue weighted by molar-refractivity contribution is -0.120. The van der Waals surface area contributed by atoms with E-state index >= 15 is 0 Å². The van der Waals surface area contributed by atoms with Crippen LogP contribution >= 0.6 is 11.8 Å². The second-order valence-corrected chi connectivity index (χ2v) is 5.69. The fourth-order valence-corrected chi connectivity index (χ4v) is 2.90. The topological polar surface area (TPSA) is 55.1 Å². The Balaban J connectivity index is 2.13. The summed E-state index contributed by atoms with van der Waals surface area (Å²) in [6.07, 6.45) is 0.644. The molecule has 0 bridgehead atoms. The molecule has 0 radical (unpaired) electrons. The Kier molecular flexibility index (Phi) is 4.84. The molecule has 0 aliphatic heterocycles. The van der Waals surface area contributed by atoms with Gasteiger partial charge in [-0.1, -0.05) is 42.1 Å². The number of nitrogens with zero attached hydrogens (tertiary/aromatic N) is 1. The number of rotatable bonds is 5. The van der Waals surface area contributed by atoms with Gasteiger partial charge in [-0.05, 0) is 25.8 Å². The molecular weight excluding hydrogens is 272 g/mol. The lowest BCUT2D eigenvalue weighted by Gasteiger charge is -2.13. The predicted molar refractivity (Wildman–Crippen MR) is 79.8 cm³/mol. The summed E-state index contributed by atoms with van der Waals surface area (Å²) in [6, 6.07) is 9.94. The van der Waals surface area contributed by atoms with Gasteiger partial charge in [0.1, 0.15) is 5.76 Å². The van der Waals surface area contributed by atoms with Crippen molar-refractivity contribution in [2.24, 2.45) is 0 Å². The lowest BCUT2D eigenvalue weighted by atomic mass is 10.1. The zero-order chi connectivity index (χ0) is 14.5. The van der Waals surface area contributed by atoms with E-state index in [4.69, 9.17) is 4.42 Å². The Morgan fingerprint density at radius 1 is 1.35 bits per heavy atom. The van der Waals surface area contributed by atoms with Crippen LogP contribution in [0.1, 0.15) is 17.0 Å². The lowest BCUT2D eigenvalue weighted by Crippen LogP contribution is -2.31. The van der Waals surface area contributed by atoms with Gasteiger partial charge >= 0.3 is 0 Å². The molecule has 1 aromatic carbocycles. The summed E-state index contributed by atoms with van der Waals surface area (Å²) in [7, 11) is 1.65. The molecule has 0 unspecified atom stereocenters. The second-order valence-electron chi connectivity index (χ2n) is 4.53. The average molecular weight is 290 g/mol. The van der Waals surface area contributed by atoms with Crippen molar-refractivity contribution < 1.29 is 9.21 Å². The fraction of sp³-hybridized carbons (Fsp3) is 0.333. The van der Waals surface area contributed by atoms with Crippen LogP contribution < -0.4 is 5.32 Å². The number of carbonyl (C=O) groups excluding carboxylic acids is 1. The number of aromatic nitrogens is 1. The molecule has 0 aliphatic carbocycles. The Labute approximate surface area is 123 Å². The molecule has 5 heteroatoms. The minimum Gasteiger partial charge on any atom is -0.437 e. The van der Waals surface area contributed by atoms with Gasteiger partial charge in [0.05, 0.1) is 10.9 Å². The van der Waals surface area contributed by atoms with Crippen LogP contribution in [0, 0.1) is 13.8 Å². The van der Waals surface area contributed by atoms with Gasteiger partial charge in [-0.25, -0.2) is 4.98 Å². The first-order valence-corrected chi connectivity index (χ1v) is 7.34. The zero-order valence-electron chi connectivity index (χ0n) is 11.8. The van der Waals surface area contributed by atoms with Crippen molar-refractivity contribution in [3.05, 3.63) is 47.3 Å². The number of thioether (sulfide) groups is 1. The molecule has 0 aliphatic rings. The normalized spacial score (nSPS) is 12.2. The Morgan fingerprint density at radius 3 is 2.60 bits per heavy atom. The van der Waals surface area contributed by atoms with Gasteiger partial charge in [-0.3, -0.25) is 4.79 Å². The first kappa shape index (κ1) is 14.7. The minimum absolute atomic E-state index is 0.0210. The van der Waals surface area contributed by atoms with Crippen LogP contribution in [0.15, 0.2) is 40.0 Å². The molecule has 1 amide bonds. The van der Waals surface area contributed by atoms with E-state index in [9.17, 15) is 4.79 Å². The van der Waals surface area contributed by atoms with Crippen molar-refractivity contribution in [2.45, 2.75) is 30.7 Å². The van der Waals surface area contributed by atoms with E-state index in [0.717, 1.165) is 17.0 Å². The summed E-state index contributed by atoms with van der Waals surface area (Å²) in [5.74, 6) is 0.773. The third-order valence-electron chi connectivity index (χ3n) is 3.05. The standard InChI is InChI=1S/C15H18N2O2S/c1-10-11(2)19-15(17-10)20-13(14(18)16-3)9-12-7-5-4-6-8-12/h4-8,13H,9H2,1-3H3,(H,16,18)/t13-/m1/s1. The third-order valence-corrected chi connectivity index (χ3v) is 4.10. The largest absolute Gasteiger partial charge is 0.437 e. The first-order valence-electron chi connectivity index (χ1n) is 6.46. The van der Waals surface area contributed by atoms with Crippen LogP contribution in [0.3, 0.4) is 0 Å². The van der Waals surface area contributed by atoms with Crippen molar-refractivity contribution in [3.63, 3.8) is 0 Å². The maximum Gasteiger partial charge on any atom is 0.256 e. The molecule has 2 rings (SSSR count). The van der Waals surface area contributed by atoms with E-state index in [1.807, 2.05) is 44.2 Å². The number of nitrogens with one attached hydrogen (secondary N) is 1.